The number of rotatable bonds is 5. The number of nitro groups is 1. The van der Waals surface area contributed by atoms with Crippen LogP contribution in [0.15, 0.2) is 34.0 Å². The Morgan fingerprint density at radius 2 is 1.93 bits per heavy atom. The summed E-state index contributed by atoms with van der Waals surface area (Å²) >= 11 is 0. The molecular weight excluding hydrogens is 390 g/mol. The van der Waals surface area contributed by atoms with Gasteiger partial charge in [-0.05, 0) is 25.0 Å². The SMILES string of the molecule is CCCc1cnc2c(c1NC(=O)c1cccc([N+](=O)[O-])c1C)c(=O)n(C)c(=O)n2C. The largest absolute Gasteiger partial charge is 0.332 e. The van der Waals surface area contributed by atoms with Gasteiger partial charge in [-0.1, -0.05) is 19.4 Å². The first-order valence-electron chi connectivity index (χ1n) is 9.32. The molecule has 0 spiro atoms. The molecule has 0 unspecified atom stereocenters. The quantitative estimate of drug-likeness (QED) is 0.505. The summed E-state index contributed by atoms with van der Waals surface area (Å²) in [5.74, 6) is -0.586. The van der Waals surface area contributed by atoms with E-state index >= 15 is 0 Å². The second-order valence-corrected chi connectivity index (χ2v) is 6.97. The Labute approximate surface area is 170 Å². The van der Waals surface area contributed by atoms with Gasteiger partial charge in [0.15, 0.2) is 5.65 Å². The molecule has 10 heteroatoms. The molecule has 10 nitrogen and oxygen atoms in total. The summed E-state index contributed by atoms with van der Waals surface area (Å²) in [6.45, 7) is 3.44. The fourth-order valence-corrected chi connectivity index (χ4v) is 3.42. The van der Waals surface area contributed by atoms with E-state index in [0.717, 1.165) is 11.0 Å². The third-order valence-corrected chi connectivity index (χ3v) is 5.05. The number of carbonyl (C=O) groups is 1. The maximum absolute atomic E-state index is 13.0. The molecule has 0 bridgehead atoms. The molecule has 2 heterocycles. The molecule has 3 rings (SSSR count). The number of pyridine rings is 1. The van der Waals surface area contributed by atoms with Gasteiger partial charge in [-0.3, -0.25) is 28.8 Å². The molecule has 0 saturated heterocycles. The van der Waals surface area contributed by atoms with Crippen LogP contribution in [0.1, 0.15) is 34.8 Å². The van der Waals surface area contributed by atoms with E-state index in [-0.39, 0.29) is 33.5 Å². The number of amides is 1. The van der Waals surface area contributed by atoms with Crippen molar-refractivity contribution in [2.45, 2.75) is 26.7 Å². The number of nitro benzene ring substituents is 1. The summed E-state index contributed by atoms with van der Waals surface area (Å²) in [5.41, 5.74) is 0.100. The zero-order chi connectivity index (χ0) is 22.2. The standard InChI is InChI=1S/C20H21N5O5/c1-5-7-12-10-21-17-15(19(27)24(4)20(28)23(17)3)16(12)22-18(26)13-8-6-9-14(11(13)2)25(29)30/h6,8-10H,5,7H2,1-4H3,(H,21,22,26). The van der Waals surface area contributed by atoms with Crippen LogP contribution in [0.4, 0.5) is 11.4 Å². The minimum absolute atomic E-state index is 0.113. The zero-order valence-corrected chi connectivity index (χ0v) is 17.1. The minimum Gasteiger partial charge on any atom is -0.321 e. The highest BCUT2D eigenvalue weighted by molar-refractivity contribution is 6.10. The maximum Gasteiger partial charge on any atom is 0.332 e. The number of hydrogen-bond acceptors (Lipinski definition) is 6. The van der Waals surface area contributed by atoms with E-state index in [1.165, 1.54) is 50.0 Å². The van der Waals surface area contributed by atoms with Gasteiger partial charge in [0.1, 0.15) is 5.39 Å². The predicted molar refractivity (Wildman–Crippen MR) is 112 cm³/mol. The topological polar surface area (TPSA) is 129 Å². The summed E-state index contributed by atoms with van der Waals surface area (Å²) in [7, 11) is 2.85. The molecule has 30 heavy (non-hydrogen) atoms. The van der Waals surface area contributed by atoms with Gasteiger partial charge in [0.2, 0.25) is 0 Å². The molecule has 0 aliphatic carbocycles. The lowest BCUT2D eigenvalue weighted by molar-refractivity contribution is -0.385. The van der Waals surface area contributed by atoms with Crippen LogP contribution in [-0.2, 0) is 20.5 Å². The molecule has 0 aliphatic rings. The van der Waals surface area contributed by atoms with Gasteiger partial charge in [-0.15, -0.1) is 0 Å². The Bertz CT molecular complexity index is 1310. The Morgan fingerprint density at radius 3 is 2.57 bits per heavy atom. The van der Waals surface area contributed by atoms with Crippen molar-refractivity contribution in [3.63, 3.8) is 0 Å². The van der Waals surface area contributed by atoms with Gasteiger partial charge in [-0.2, -0.15) is 0 Å². The third-order valence-electron chi connectivity index (χ3n) is 5.05. The van der Waals surface area contributed by atoms with Crippen LogP contribution in [0.25, 0.3) is 11.0 Å². The average Bonchev–Trinajstić information content (AvgIpc) is 2.71. The molecule has 156 valence electrons. The molecule has 0 radical (unpaired) electrons. The van der Waals surface area contributed by atoms with Crippen molar-refractivity contribution >= 4 is 28.3 Å². The Morgan fingerprint density at radius 1 is 1.23 bits per heavy atom. The van der Waals surface area contributed by atoms with Crippen molar-refractivity contribution in [1.82, 2.24) is 14.1 Å². The number of benzene rings is 1. The highest BCUT2D eigenvalue weighted by Crippen LogP contribution is 2.26. The lowest BCUT2D eigenvalue weighted by atomic mass is 10.0. The predicted octanol–water partition coefficient (Wildman–Crippen LogP) is 2.05. The number of hydrogen-bond donors (Lipinski definition) is 1. The fraction of sp³-hybridized carbons (Fsp3) is 0.300. The normalized spacial score (nSPS) is 10.9. The van der Waals surface area contributed by atoms with Gasteiger partial charge >= 0.3 is 5.69 Å². The highest BCUT2D eigenvalue weighted by Gasteiger charge is 2.22. The smallest absolute Gasteiger partial charge is 0.321 e. The van der Waals surface area contributed by atoms with E-state index in [0.29, 0.717) is 12.0 Å². The lowest BCUT2D eigenvalue weighted by Crippen LogP contribution is -2.38. The number of nitrogens with one attached hydrogen (secondary N) is 1. The van der Waals surface area contributed by atoms with Crippen LogP contribution in [0.3, 0.4) is 0 Å². The first-order valence-corrected chi connectivity index (χ1v) is 9.32. The molecule has 1 amide bonds. The molecule has 0 fully saturated rings. The summed E-state index contributed by atoms with van der Waals surface area (Å²) in [5, 5.41) is 14.1. The molecule has 1 N–H and O–H groups in total. The van der Waals surface area contributed by atoms with Crippen molar-refractivity contribution < 1.29 is 9.72 Å². The molecule has 1 aromatic carbocycles. The zero-order valence-electron chi connectivity index (χ0n) is 17.1. The number of anilines is 1. The Kier molecular flexibility index (Phi) is 5.50. The van der Waals surface area contributed by atoms with Crippen molar-refractivity contribution in [2.24, 2.45) is 14.1 Å². The van der Waals surface area contributed by atoms with Crippen molar-refractivity contribution in [3.05, 3.63) is 72.0 Å². The van der Waals surface area contributed by atoms with Crippen LogP contribution in [0, 0.1) is 17.0 Å². The minimum atomic E-state index is -0.586. The van der Waals surface area contributed by atoms with Crippen molar-refractivity contribution in [1.29, 1.82) is 0 Å². The van der Waals surface area contributed by atoms with E-state index in [1.807, 2.05) is 6.92 Å². The van der Waals surface area contributed by atoms with Gasteiger partial charge in [-0.25, -0.2) is 9.78 Å². The number of nitrogens with zero attached hydrogens (tertiary/aromatic N) is 4. The van der Waals surface area contributed by atoms with Crippen LogP contribution in [-0.4, -0.2) is 24.9 Å². The first kappa shape index (κ1) is 20.9. The number of aryl methyl sites for hydroxylation is 2. The lowest BCUT2D eigenvalue weighted by Gasteiger charge is -2.16. The maximum atomic E-state index is 13.0. The van der Waals surface area contributed by atoms with E-state index in [9.17, 15) is 24.5 Å². The average molecular weight is 411 g/mol. The van der Waals surface area contributed by atoms with Gasteiger partial charge in [0.05, 0.1) is 10.6 Å². The van der Waals surface area contributed by atoms with Gasteiger partial charge in [0, 0.05) is 37.5 Å². The third kappa shape index (κ3) is 3.36. The molecule has 2 aromatic heterocycles. The Balaban J connectivity index is 2.25. The summed E-state index contributed by atoms with van der Waals surface area (Å²) in [4.78, 5) is 53.1. The van der Waals surface area contributed by atoms with Crippen LogP contribution in [0.2, 0.25) is 0 Å². The van der Waals surface area contributed by atoms with Crippen LogP contribution in [0.5, 0.6) is 0 Å². The molecule has 3 aromatic rings. The van der Waals surface area contributed by atoms with Gasteiger partial charge < -0.3 is 5.32 Å². The number of aromatic nitrogens is 3. The van der Waals surface area contributed by atoms with Crippen molar-refractivity contribution in [3.8, 4) is 0 Å². The summed E-state index contributed by atoms with van der Waals surface area (Å²) < 4.78 is 2.19. The van der Waals surface area contributed by atoms with Crippen LogP contribution < -0.4 is 16.6 Å². The van der Waals surface area contributed by atoms with Gasteiger partial charge in [0.25, 0.3) is 17.2 Å². The summed E-state index contributed by atoms with van der Waals surface area (Å²) in [6.07, 6.45) is 2.80. The number of carbonyl (C=O) groups excluding carboxylic acids is 1. The fourth-order valence-electron chi connectivity index (χ4n) is 3.42. The van der Waals surface area contributed by atoms with E-state index in [1.54, 1.807) is 0 Å². The Hall–Kier alpha value is -3.82. The first-order chi connectivity index (χ1) is 14.2. The van der Waals surface area contributed by atoms with E-state index in [2.05, 4.69) is 10.3 Å². The number of fused-ring (bicyclic) bond motifs is 1. The second kappa shape index (κ2) is 7.90. The highest BCUT2D eigenvalue weighted by atomic mass is 16.6. The summed E-state index contributed by atoms with van der Waals surface area (Å²) in [6, 6.07) is 4.23. The molecular formula is C20H21N5O5. The monoisotopic (exact) mass is 411 g/mol. The van der Waals surface area contributed by atoms with Crippen LogP contribution >= 0.6 is 0 Å². The van der Waals surface area contributed by atoms with E-state index in [4.69, 9.17) is 0 Å². The molecule has 0 atom stereocenters. The van der Waals surface area contributed by atoms with E-state index < -0.39 is 22.1 Å². The second-order valence-electron chi connectivity index (χ2n) is 6.97. The molecule has 0 saturated carbocycles. The van der Waals surface area contributed by atoms with Crippen molar-refractivity contribution in [2.75, 3.05) is 5.32 Å². The molecule has 0 aliphatic heterocycles.